The van der Waals surface area contributed by atoms with Gasteiger partial charge in [0.15, 0.2) is 0 Å². The topological polar surface area (TPSA) is 29.3 Å². The molecule has 0 radical (unpaired) electrons. The number of benzene rings is 1. The van der Waals surface area contributed by atoms with E-state index in [1.165, 1.54) is 6.07 Å². The lowest BCUT2D eigenvalue weighted by Crippen LogP contribution is -2.48. The van der Waals surface area contributed by atoms with Gasteiger partial charge in [-0.2, -0.15) is 11.8 Å². The van der Waals surface area contributed by atoms with Gasteiger partial charge < -0.3 is 5.73 Å². The summed E-state index contributed by atoms with van der Waals surface area (Å²) >= 11 is 2.00. The molecule has 1 saturated heterocycles. The van der Waals surface area contributed by atoms with Gasteiger partial charge in [0.25, 0.3) is 0 Å². The zero-order valence-electron chi connectivity index (χ0n) is 12.6. The van der Waals surface area contributed by atoms with Crippen LogP contribution >= 0.6 is 11.8 Å². The fourth-order valence-corrected chi connectivity index (χ4v) is 4.43. The first-order valence-electron chi connectivity index (χ1n) is 7.42. The van der Waals surface area contributed by atoms with Crippen molar-refractivity contribution < 1.29 is 4.39 Å². The molecule has 112 valence electrons. The van der Waals surface area contributed by atoms with Crippen LogP contribution in [0.4, 0.5) is 4.39 Å². The smallest absolute Gasteiger partial charge is 0.128 e. The maximum atomic E-state index is 14.2. The van der Waals surface area contributed by atoms with E-state index in [9.17, 15) is 4.39 Å². The van der Waals surface area contributed by atoms with Crippen LogP contribution in [0.3, 0.4) is 0 Å². The molecule has 4 atom stereocenters. The first-order valence-corrected chi connectivity index (χ1v) is 8.36. The number of nitrogens with two attached hydrogens (primary N) is 1. The Morgan fingerprint density at radius 3 is 2.45 bits per heavy atom. The van der Waals surface area contributed by atoms with E-state index in [0.29, 0.717) is 10.5 Å². The molecule has 2 N–H and O–H groups in total. The quantitative estimate of drug-likeness (QED) is 0.923. The summed E-state index contributed by atoms with van der Waals surface area (Å²) in [5, 5.41) is 1.13. The minimum atomic E-state index is -0.139. The Morgan fingerprint density at radius 2 is 1.90 bits per heavy atom. The fourth-order valence-electron chi connectivity index (χ4n) is 3.08. The molecule has 2 rings (SSSR count). The third-order valence-corrected chi connectivity index (χ3v) is 5.17. The Morgan fingerprint density at radius 1 is 1.30 bits per heavy atom. The summed E-state index contributed by atoms with van der Waals surface area (Å²) in [6, 6.07) is 7.01. The second-order valence-corrected chi connectivity index (χ2v) is 7.63. The van der Waals surface area contributed by atoms with Gasteiger partial charge in [-0.15, -0.1) is 0 Å². The molecule has 1 aromatic rings. The monoisotopic (exact) mass is 296 g/mol. The third-order valence-electron chi connectivity index (χ3n) is 3.94. The van der Waals surface area contributed by atoms with E-state index in [-0.39, 0.29) is 17.9 Å². The highest BCUT2D eigenvalue weighted by molar-refractivity contribution is 8.00. The molecule has 0 aromatic heterocycles. The number of halogens is 1. The van der Waals surface area contributed by atoms with Crippen molar-refractivity contribution in [1.82, 2.24) is 4.90 Å². The highest BCUT2D eigenvalue weighted by atomic mass is 32.2. The first kappa shape index (κ1) is 15.8. The van der Waals surface area contributed by atoms with Gasteiger partial charge in [-0.3, -0.25) is 4.90 Å². The normalized spacial score (nSPS) is 27.2. The van der Waals surface area contributed by atoms with Crippen LogP contribution in [-0.2, 0) is 0 Å². The standard InChI is InChI=1S/C16H25FN2S/c1-4-15(18)16(13-7-5-6-8-14(13)17)19-9-11(2)20-12(3)10-19/h5-8,11-12,15-16H,4,9-10,18H2,1-3H3. The molecule has 2 nitrogen and oxygen atoms in total. The van der Waals surface area contributed by atoms with Gasteiger partial charge in [-0.25, -0.2) is 4.39 Å². The predicted molar refractivity (Wildman–Crippen MR) is 85.5 cm³/mol. The summed E-state index contributed by atoms with van der Waals surface area (Å²) in [7, 11) is 0. The molecule has 0 amide bonds. The summed E-state index contributed by atoms with van der Waals surface area (Å²) in [5.74, 6) is -0.139. The SMILES string of the molecule is CCC(N)C(c1ccccc1F)N1CC(C)SC(C)C1. The molecule has 0 spiro atoms. The van der Waals surface area contributed by atoms with Gasteiger partial charge in [-0.05, 0) is 12.5 Å². The van der Waals surface area contributed by atoms with E-state index in [2.05, 4.69) is 25.7 Å². The highest BCUT2D eigenvalue weighted by Crippen LogP contribution is 2.34. The van der Waals surface area contributed by atoms with E-state index >= 15 is 0 Å². The molecule has 0 aliphatic carbocycles. The zero-order chi connectivity index (χ0) is 14.7. The maximum absolute atomic E-state index is 14.2. The summed E-state index contributed by atoms with van der Waals surface area (Å²) in [6.45, 7) is 8.50. The Balaban J connectivity index is 2.30. The Bertz CT molecular complexity index is 430. The number of rotatable bonds is 4. The van der Waals surface area contributed by atoms with Gasteiger partial charge >= 0.3 is 0 Å². The van der Waals surface area contributed by atoms with Crippen LogP contribution < -0.4 is 5.73 Å². The number of hydrogen-bond donors (Lipinski definition) is 1. The van der Waals surface area contributed by atoms with Crippen LogP contribution in [0.1, 0.15) is 38.8 Å². The minimum absolute atomic E-state index is 0.0213. The van der Waals surface area contributed by atoms with Gasteiger partial charge in [0.2, 0.25) is 0 Å². The van der Waals surface area contributed by atoms with Crippen molar-refractivity contribution in [2.45, 2.75) is 49.8 Å². The summed E-state index contributed by atoms with van der Waals surface area (Å²) in [5.41, 5.74) is 7.07. The minimum Gasteiger partial charge on any atom is -0.326 e. The fraction of sp³-hybridized carbons (Fsp3) is 0.625. The van der Waals surface area contributed by atoms with Crippen molar-refractivity contribution >= 4 is 11.8 Å². The first-order chi connectivity index (χ1) is 9.52. The number of hydrogen-bond acceptors (Lipinski definition) is 3. The Kier molecular flexibility index (Phi) is 5.47. The van der Waals surface area contributed by atoms with Crippen LogP contribution in [0.15, 0.2) is 24.3 Å². The lowest BCUT2D eigenvalue weighted by Gasteiger charge is -2.42. The molecular weight excluding hydrogens is 271 g/mol. The molecule has 1 aromatic carbocycles. The van der Waals surface area contributed by atoms with Gasteiger partial charge in [0.1, 0.15) is 5.82 Å². The molecule has 4 heteroatoms. The Labute approximate surface area is 125 Å². The van der Waals surface area contributed by atoms with E-state index in [1.54, 1.807) is 6.07 Å². The second-order valence-electron chi connectivity index (χ2n) is 5.75. The van der Waals surface area contributed by atoms with Gasteiger partial charge in [-0.1, -0.05) is 39.0 Å². The molecule has 0 saturated carbocycles. The van der Waals surface area contributed by atoms with Crippen LogP contribution in [0, 0.1) is 5.82 Å². The molecule has 1 fully saturated rings. The van der Waals surface area contributed by atoms with E-state index in [1.807, 2.05) is 23.9 Å². The molecule has 20 heavy (non-hydrogen) atoms. The van der Waals surface area contributed by atoms with Crippen molar-refractivity contribution in [2.24, 2.45) is 5.73 Å². The number of thioether (sulfide) groups is 1. The van der Waals surface area contributed by atoms with Crippen LogP contribution in [0.2, 0.25) is 0 Å². The molecule has 1 heterocycles. The van der Waals surface area contributed by atoms with Gasteiger partial charge in [0.05, 0.1) is 6.04 Å². The number of nitrogens with zero attached hydrogens (tertiary/aromatic N) is 1. The van der Waals surface area contributed by atoms with E-state index < -0.39 is 0 Å². The highest BCUT2D eigenvalue weighted by Gasteiger charge is 2.32. The van der Waals surface area contributed by atoms with E-state index in [4.69, 9.17) is 5.73 Å². The van der Waals surface area contributed by atoms with Crippen molar-refractivity contribution in [3.05, 3.63) is 35.6 Å². The van der Waals surface area contributed by atoms with Crippen LogP contribution in [0.5, 0.6) is 0 Å². The lowest BCUT2D eigenvalue weighted by molar-refractivity contribution is 0.163. The summed E-state index contributed by atoms with van der Waals surface area (Å²) in [4.78, 5) is 2.37. The largest absolute Gasteiger partial charge is 0.326 e. The summed E-state index contributed by atoms with van der Waals surface area (Å²) < 4.78 is 14.2. The van der Waals surface area contributed by atoms with E-state index in [0.717, 1.165) is 25.1 Å². The summed E-state index contributed by atoms with van der Waals surface area (Å²) in [6.07, 6.45) is 0.853. The third kappa shape index (κ3) is 3.54. The van der Waals surface area contributed by atoms with Gasteiger partial charge in [0, 0.05) is 35.2 Å². The average Bonchev–Trinajstić information content (AvgIpc) is 2.40. The molecule has 4 unspecified atom stereocenters. The van der Waals surface area contributed by atoms with Crippen molar-refractivity contribution in [1.29, 1.82) is 0 Å². The lowest BCUT2D eigenvalue weighted by atomic mass is 9.95. The van der Waals surface area contributed by atoms with Crippen LogP contribution in [-0.4, -0.2) is 34.5 Å². The van der Waals surface area contributed by atoms with Crippen LogP contribution in [0.25, 0.3) is 0 Å². The zero-order valence-corrected chi connectivity index (χ0v) is 13.4. The second kappa shape index (κ2) is 6.92. The molecular formula is C16H25FN2S. The molecule has 1 aliphatic heterocycles. The molecule has 0 bridgehead atoms. The van der Waals surface area contributed by atoms with Crippen molar-refractivity contribution in [3.8, 4) is 0 Å². The van der Waals surface area contributed by atoms with Crippen molar-refractivity contribution in [3.63, 3.8) is 0 Å². The Hall–Kier alpha value is -0.580. The predicted octanol–water partition coefficient (Wildman–Crippen LogP) is 3.43. The average molecular weight is 296 g/mol. The van der Waals surface area contributed by atoms with Crippen molar-refractivity contribution in [2.75, 3.05) is 13.1 Å². The maximum Gasteiger partial charge on any atom is 0.128 e. The molecule has 1 aliphatic rings.